The van der Waals surface area contributed by atoms with Crippen molar-refractivity contribution in [3.8, 4) is 17.2 Å². The zero-order valence-corrected chi connectivity index (χ0v) is 66.0. The third-order valence-electron chi connectivity index (χ3n) is 21.2. The maximum absolute atomic E-state index is 17.4. The molecule has 95 heavy (non-hydrogen) atoms. The van der Waals surface area contributed by atoms with Gasteiger partial charge in [0.05, 0.1) is 0 Å². The van der Waals surface area contributed by atoms with Gasteiger partial charge in [0.2, 0.25) is 0 Å². The van der Waals surface area contributed by atoms with E-state index in [9.17, 15) is 0 Å². The number of aryl methyl sites for hydroxylation is 3. The molecule has 4 nitrogen and oxygen atoms in total. The molecule has 5 heteroatoms. The number of hydrogen-bond acceptors (Lipinski definition) is 4. The fraction of sp³-hybridized carbons (Fsp3) is 0.800. The third-order valence-corrected chi connectivity index (χ3v) is 22.4. The standard InChI is InChI=1S/C90H159O4P/c1-10-19-28-37-46-55-64-79-73-76-88(85(70-61-52-43-34-25-16-7)82(79)67-58-49-40-31-22-13-4)92-95(91,93-89-77-74-80(65-56-47-38-29-20-11-2)83(68-59-50-41-32-23-14-5)86(89)71-62-53-44-35-26-17-8)94-90-78-75-81(66-57-48-39-30-21-12-3)84(69-60-51-42-33-24-15-6)87(90)72-63-54-45-36-27-18-9/h73-78H,10-72H2,1-9H3. The maximum Gasteiger partial charge on any atom is 0.647 e. The highest BCUT2D eigenvalue weighted by atomic mass is 31.2. The third kappa shape index (κ3) is 39.8. The Hall–Kier alpha value is -2.71. The fourth-order valence-electron chi connectivity index (χ4n) is 15.1. The highest BCUT2D eigenvalue weighted by molar-refractivity contribution is 7.49. The van der Waals surface area contributed by atoms with Crippen molar-refractivity contribution in [2.75, 3.05) is 0 Å². The van der Waals surface area contributed by atoms with Crippen LogP contribution < -0.4 is 13.6 Å². The molecule has 0 fully saturated rings. The lowest BCUT2D eigenvalue weighted by atomic mass is 9.89. The van der Waals surface area contributed by atoms with Crippen LogP contribution in [0, 0.1) is 0 Å². The van der Waals surface area contributed by atoms with E-state index < -0.39 is 7.82 Å². The van der Waals surface area contributed by atoms with E-state index in [2.05, 4.69) is 98.7 Å². The summed E-state index contributed by atoms with van der Waals surface area (Å²) in [6, 6.07) is 13.9. The summed E-state index contributed by atoms with van der Waals surface area (Å²) >= 11 is 0. The Labute approximate surface area is 593 Å². The van der Waals surface area contributed by atoms with Crippen molar-refractivity contribution in [2.24, 2.45) is 0 Å². The van der Waals surface area contributed by atoms with Gasteiger partial charge in [-0.15, -0.1) is 0 Å². The summed E-state index contributed by atoms with van der Waals surface area (Å²) in [6.07, 6.45) is 77.4. The second-order valence-corrected chi connectivity index (χ2v) is 31.4. The van der Waals surface area contributed by atoms with E-state index in [4.69, 9.17) is 13.6 Å². The van der Waals surface area contributed by atoms with E-state index in [1.165, 1.54) is 378 Å². The van der Waals surface area contributed by atoms with Gasteiger partial charge in [-0.3, -0.25) is 0 Å². The second kappa shape index (κ2) is 60.1. The highest BCUT2D eigenvalue weighted by Gasteiger charge is 2.37. The SMILES string of the molecule is CCCCCCCCc1ccc(OP(=O)(Oc2ccc(CCCCCCCC)c(CCCCCCCC)c2CCCCCCCC)Oc2ccc(CCCCCCCC)c(CCCCCCCC)c2CCCCCCCC)c(CCCCCCCC)c1CCCCCCCC. The first kappa shape index (κ1) is 86.5. The minimum atomic E-state index is -4.48. The number of hydrogen-bond donors (Lipinski definition) is 0. The zero-order chi connectivity index (χ0) is 68.3. The van der Waals surface area contributed by atoms with Crippen LogP contribution in [0.2, 0.25) is 0 Å². The molecule has 0 heterocycles. The number of unbranched alkanes of at least 4 members (excludes halogenated alkanes) is 45. The summed E-state index contributed by atoms with van der Waals surface area (Å²) in [4.78, 5) is 0. The van der Waals surface area contributed by atoms with Gasteiger partial charge >= 0.3 is 7.82 Å². The molecule has 0 aliphatic heterocycles. The lowest BCUT2D eigenvalue weighted by Crippen LogP contribution is -2.14. The van der Waals surface area contributed by atoms with Gasteiger partial charge in [0, 0.05) is 0 Å². The lowest BCUT2D eigenvalue weighted by Gasteiger charge is -2.27. The maximum atomic E-state index is 17.4. The van der Waals surface area contributed by atoms with Crippen LogP contribution in [0.3, 0.4) is 0 Å². The zero-order valence-electron chi connectivity index (χ0n) is 65.1. The van der Waals surface area contributed by atoms with Crippen LogP contribution in [0.25, 0.3) is 0 Å². The summed E-state index contributed by atoms with van der Waals surface area (Å²) in [5.74, 6) is 2.22. The van der Waals surface area contributed by atoms with Crippen molar-refractivity contribution in [1.29, 1.82) is 0 Å². The summed E-state index contributed by atoms with van der Waals surface area (Å²) < 4.78 is 40.1. The molecule has 0 aliphatic rings. The monoisotopic (exact) mass is 1340 g/mol. The van der Waals surface area contributed by atoms with Crippen LogP contribution in [0.4, 0.5) is 0 Å². The van der Waals surface area contributed by atoms with Crippen LogP contribution in [-0.2, 0) is 62.4 Å². The Kier molecular flexibility index (Phi) is 54.7. The van der Waals surface area contributed by atoms with Gasteiger partial charge in [0.25, 0.3) is 0 Å². The molecule has 0 spiro atoms. The van der Waals surface area contributed by atoms with E-state index in [0.29, 0.717) is 0 Å². The highest BCUT2D eigenvalue weighted by Crippen LogP contribution is 2.54. The second-order valence-electron chi connectivity index (χ2n) is 29.9. The molecule has 0 N–H and O–H groups in total. The van der Waals surface area contributed by atoms with Gasteiger partial charge in [0.1, 0.15) is 17.2 Å². The topological polar surface area (TPSA) is 44.8 Å². The summed E-state index contributed by atoms with van der Waals surface area (Å²) in [5, 5.41) is 0. The first-order valence-corrected chi connectivity index (χ1v) is 44.3. The first-order valence-electron chi connectivity index (χ1n) is 42.9. The first-order chi connectivity index (χ1) is 46.8. The fourth-order valence-corrected chi connectivity index (χ4v) is 16.4. The summed E-state index contributed by atoms with van der Waals surface area (Å²) in [6.45, 7) is 21.0. The van der Waals surface area contributed by atoms with Gasteiger partial charge in [-0.2, -0.15) is 4.57 Å². The van der Waals surface area contributed by atoms with Crippen molar-refractivity contribution in [3.05, 3.63) is 86.5 Å². The molecular formula is C90H159O4P. The predicted octanol–water partition coefficient (Wildman–Crippen LogP) is 31.5. The van der Waals surface area contributed by atoms with Gasteiger partial charge in [-0.25, -0.2) is 0 Å². The average Bonchev–Trinajstić information content (AvgIpc) is 0.787. The Morgan fingerprint density at radius 1 is 0.189 bits per heavy atom. The van der Waals surface area contributed by atoms with Gasteiger partial charge in [0.15, 0.2) is 0 Å². The van der Waals surface area contributed by atoms with Crippen LogP contribution >= 0.6 is 7.82 Å². The molecule has 0 saturated heterocycles. The van der Waals surface area contributed by atoms with Crippen molar-refractivity contribution in [2.45, 2.75) is 467 Å². The van der Waals surface area contributed by atoms with E-state index in [-0.39, 0.29) is 0 Å². The van der Waals surface area contributed by atoms with E-state index in [1.807, 2.05) is 0 Å². The van der Waals surface area contributed by atoms with Gasteiger partial charge in [-0.05, 0) is 184 Å². The number of phosphoric ester groups is 1. The molecule has 0 bridgehead atoms. The molecule has 0 unspecified atom stereocenters. The number of rotatable bonds is 69. The molecule has 548 valence electrons. The lowest BCUT2D eigenvalue weighted by molar-refractivity contribution is 0.294. The average molecular weight is 1340 g/mol. The number of phosphoric acid groups is 1. The Morgan fingerprint density at radius 3 is 0.516 bits per heavy atom. The molecule has 0 aliphatic carbocycles. The van der Waals surface area contributed by atoms with E-state index in [0.717, 1.165) is 94.3 Å². The van der Waals surface area contributed by atoms with Crippen LogP contribution in [0.1, 0.15) is 459 Å². The minimum Gasteiger partial charge on any atom is -0.386 e. The molecule has 3 aromatic carbocycles. The van der Waals surface area contributed by atoms with E-state index in [1.54, 1.807) is 0 Å². The molecular weight excluding hydrogens is 1180 g/mol. The van der Waals surface area contributed by atoms with Gasteiger partial charge < -0.3 is 13.6 Å². The molecule has 3 rings (SSSR count). The van der Waals surface area contributed by atoms with Crippen LogP contribution in [-0.4, -0.2) is 0 Å². The normalized spacial score (nSPS) is 11.8. The van der Waals surface area contributed by atoms with Crippen molar-refractivity contribution >= 4 is 7.82 Å². The molecule has 0 amide bonds. The van der Waals surface area contributed by atoms with Crippen molar-refractivity contribution < 1.29 is 18.1 Å². The van der Waals surface area contributed by atoms with Crippen LogP contribution in [0.5, 0.6) is 17.2 Å². The van der Waals surface area contributed by atoms with E-state index >= 15 is 4.57 Å². The molecule has 0 saturated carbocycles. The Bertz CT molecular complexity index is 2050. The molecule has 0 atom stereocenters. The Balaban J connectivity index is 2.50. The summed E-state index contributed by atoms with van der Waals surface area (Å²) in [5.41, 5.74) is 12.7. The van der Waals surface area contributed by atoms with Crippen molar-refractivity contribution in [3.63, 3.8) is 0 Å². The summed E-state index contributed by atoms with van der Waals surface area (Å²) in [7, 11) is -4.48. The minimum absolute atomic E-state index is 0.739. The Morgan fingerprint density at radius 2 is 0.337 bits per heavy atom. The van der Waals surface area contributed by atoms with Crippen LogP contribution in [0.15, 0.2) is 36.4 Å². The smallest absolute Gasteiger partial charge is 0.386 e. The number of benzene rings is 3. The van der Waals surface area contributed by atoms with Crippen molar-refractivity contribution in [1.82, 2.24) is 0 Å². The quantitative estimate of drug-likeness (QED) is 0.0417. The molecule has 0 aromatic heterocycles. The predicted molar refractivity (Wildman–Crippen MR) is 423 cm³/mol. The molecule has 3 aromatic rings. The largest absolute Gasteiger partial charge is 0.647 e. The van der Waals surface area contributed by atoms with Gasteiger partial charge in [-0.1, -0.05) is 369 Å². The molecule has 0 radical (unpaired) electrons.